The fourth-order valence-electron chi connectivity index (χ4n) is 2.52. The molecule has 0 radical (unpaired) electrons. The third kappa shape index (κ3) is 6.24. The average Bonchev–Trinajstić information content (AvgIpc) is 2.78. The van der Waals surface area contributed by atoms with E-state index in [1.165, 1.54) is 24.3 Å². The molecule has 0 aliphatic heterocycles. The number of ketones is 2. The first-order chi connectivity index (χ1) is 14.5. The van der Waals surface area contributed by atoms with Crippen LogP contribution in [0.5, 0.6) is 11.5 Å². The number of carbonyl (C=O) groups is 2. The van der Waals surface area contributed by atoms with Gasteiger partial charge in [-0.2, -0.15) is 0 Å². The topological polar surface area (TPSA) is 72.8 Å². The van der Waals surface area contributed by atoms with Crippen molar-refractivity contribution in [2.24, 2.45) is 0 Å². The second kappa shape index (κ2) is 10.3. The molecule has 3 aromatic carbocycles. The van der Waals surface area contributed by atoms with E-state index >= 15 is 0 Å². The molecule has 0 fully saturated rings. The summed E-state index contributed by atoms with van der Waals surface area (Å²) in [5.41, 5.74) is 0. The Morgan fingerprint density at radius 1 is 0.533 bits per heavy atom. The van der Waals surface area contributed by atoms with Crippen molar-refractivity contribution in [3.05, 3.63) is 115 Å². The van der Waals surface area contributed by atoms with E-state index in [4.69, 9.17) is 9.05 Å². The summed E-state index contributed by atoms with van der Waals surface area (Å²) in [5.74, 6) is 0.919. The summed E-state index contributed by atoms with van der Waals surface area (Å²) in [7, 11) is -3.61. The fourth-order valence-corrected chi connectivity index (χ4v) is 4.33. The van der Waals surface area contributed by atoms with Gasteiger partial charge in [-0.05, 0) is 24.3 Å². The summed E-state index contributed by atoms with van der Waals surface area (Å²) >= 11 is 0. The number of allylic oxidation sites excluding steroid dienone is 4. The van der Waals surface area contributed by atoms with Gasteiger partial charge in [0, 0.05) is 0 Å². The molecule has 0 aromatic heterocycles. The first-order valence-electron chi connectivity index (χ1n) is 9.25. The van der Waals surface area contributed by atoms with Gasteiger partial charge >= 0.3 is 130 Å². The molecule has 0 saturated carbocycles. The molecule has 1 N–H and O–H groups in total. The number of para-hydroxylation sites is 2. The number of benzene rings is 3. The van der Waals surface area contributed by atoms with E-state index in [1.54, 1.807) is 24.3 Å². The van der Waals surface area contributed by atoms with Crippen LogP contribution in [0.1, 0.15) is 0 Å². The normalized spacial score (nSPS) is 13.2. The molecule has 0 unspecified atom stereocenters. The first-order valence-corrected chi connectivity index (χ1v) is 11.0. The van der Waals surface area contributed by atoms with E-state index < -0.39 is 7.94 Å². The maximum absolute atomic E-state index is 11.1. The van der Waals surface area contributed by atoms with Gasteiger partial charge in [0.15, 0.2) is 11.6 Å². The van der Waals surface area contributed by atoms with Crippen molar-refractivity contribution in [1.29, 1.82) is 0 Å². The third-order valence-corrected chi connectivity index (χ3v) is 6.05. The van der Waals surface area contributed by atoms with Gasteiger partial charge in [-0.3, -0.25) is 9.59 Å². The van der Waals surface area contributed by atoms with Crippen LogP contribution in [0.3, 0.4) is 0 Å². The molecule has 3 aromatic rings. The van der Waals surface area contributed by atoms with Crippen LogP contribution in [-0.2, 0) is 9.59 Å². The van der Waals surface area contributed by atoms with E-state index in [9.17, 15) is 14.5 Å². The molecule has 6 heteroatoms. The van der Waals surface area contributed by atoms with Gasteiger partial charge in [0.25, 0.3) is 0 Å². The van der Waals surface area contributed by atoms with Crippen molar-refractivity contribution in [1.82, 2.24) is 0 Å². The Morgan fingerprint density at radius 3 is 1.23 bits per heavy atom. The molecule has 0 amide bonds. The number of carbonyl (C=O) groups excluding carboxylic acids is 2. The summed E-state index contributed by atoms with van der Waals surface area (Å²) in [5, 5.41) is 0.655. The van der Waals surface area contributed by atoms with Crippen molar-refractivity contribution in [2.75, 3.05) is 0 Å². The Balaban J connectivity index is 0.000000269. The molecule has 0 spiro atoms. The number of hydrogen-bond acceptors (Lipinski definition) is 5. The summed E-state index contributed by atoms with van der Waals surface area (Å²) in [6, 6.07) is 27.7. The predicted octanol–water partition coefficient (Wildman–Crippen LogP) is 4.21. The van der Waals surface area contributed by atoms with Crippen LogP contribution in [0, 0.1) is 0 Å². The van der Waals surface area contributed by atoms with E-state index in [-0.39, 0.29) is 11.6 Å². The minimum atomic E-state index is -3.61. The fraction of sp³-hybridized carbons (Fsp3) is 0. The van der Waals surface area contributed by atoms with Crippen molar-refractivity contribution >= 4 is 24.8 Å². The molecule has 1 aliphatic rings. The summed E-state index contributed by atoms with van der Waals surface area (Å²) in [6.07, 6.45) is 5.01. The Morgan fingerprint density at radius 2 is 0.867 bits per heavy atom. The van der Waals surface area contributed by atoms with Crippen LogP contribution in [-0.4, -0.2) is 16.5 Å². The van der Waals surface area contributed by atoms with E-state index in [1.807, 2.05) is 66.7 Å². The van der Waals surface area contributed by atoms with Crippen molar-refractivity contribution < 1.29 is 23.5 Å². The third-order valence-electron chi connectivity index (χ3n) is 3.96. The number of rotatable bonds is 5. The maximum atomic E-state index is 11.1. The van der Waals surface area contributed by atoms with Gasteiger partial charge in [-0.1, -0.05) is 0 Å². The monoisotopic (exact) mass is 420 g/mol. The van der Waals surface area contributed by atoms with Crippen LogP contribution < -0.4 is 14.4 Å². The molecule has 1 aliphatic carbocycles. The molecule has 4 rings (SSSR count). The Kier molecular flexibility index (Phi) is 7.28. The summed E-state index contributed by atoms with van der Waals surface area (Å²) < 4.78 is 11.7. The first kappa shape index (κ1) is 21.2. The van der Waals surface area contributed by atoms with Crippen LogP contribution in [0.4, 0.5) is 0 Å². The van der Waals surface area contributed by atoms with Gasteiger partial charge in [0.05, 0.1) is 0 Å². The Bertz CT molecular complexity index is 951. The molecule has 0 saturated heterocycles. The molecule has 0 atom stereocenters. The molecular formula is C24H21O5P. The van der Waals surface area contributed by atoms with Crippen LogP contribution in [0.2, 0.25) is 0 Å². The van der Waals surface area contributed by atoms with E-state index in [2.05, 4.69) is 0 Å². The van der Waals surface area contributed by atoms with Gasteiger partial charge < -0.3 is 0 Å². The SMILES string of the molecule is O=C1C=CC(=O)C=C1.O[PH](Oc1ccccc1)(Oc1ccccc1)c1ccccc1. The van der Waals surface area contributed by atoms with Gasteiger partial charge in [-0.15, -0.1) is 0 Å². The van der Waals surface area contributed by atoms with Gasteiger partial charge in [0.1, 0.15) is 0 Å². The number of hydrogen-bond donors (Lipinski definition) is 1. The second-order valence-corrected chi connectivity index (χ2v) is 8.40. The van der Waals surface area contributed by atoms with Gasteiger partial charge in [-0.25, -0.2) is 0 Å². The predicted molar refractivity (Wildman–Crippen MR) is 119 cm³/mol. The molecular weight excluding hydrogens is 399 g/mol. The minimum absolute atomic E-state index is 0.121. The van der Waals surface area contributed by atoms with E-state index in [0.717, 1.165) is 0 Å². The average molecular weight is 420 g/mol. The molecule has 0 bridgehead atoms. The zero-order chi connectivity index (χ0) is 21.2. The molecule has 0 heterocycles. The van der Waals surface area contributed by atoms with Crippen LogP contribution in [0.15, 0.2) is 115 Å². The van der Waals surface area contributed by atoms with Crippen LogP contribution in [0.25, 0.3) is 0 Å². The van der Waals surface area contributed by atoms with Gasteiger partial charge in [0.2, 0.25) is 0 Å². The zero-order valence-electron chi connectivity index (χ0n) is 16.0. The Labute approximate surface area is 175 Å². The summed E-state index contributed by atoms with van der Waals surface area (Å²) in [4.78, 5) is 31.6. The second-order valence-electron chi connectivity index (χ2n) is 6.25. The standard InChI is InChI=1S/C18H17O3P.C6H4O2/c19-22(18-14-8-3-9-15-18,20-16-10-4-1-5-11-16)21-17-12-6-2-7-13-17;7-5-1-2-6(8)4-3-5/h1-15,19,22H;1-4H. The van der Waals surface area contributed by atoms with E-state index in [0.29, 0.717) is 16.8 Å². The molecule has 152 valence electrons. The molecule has 5 nitrogen and oxygen atoms in total. The van der Waals surface area contributed by atoms with Crippen molar-refractivity contribution in [3.8, 4) is 11.5 Å². The van der Waals surface area contributed by atoms with Crippen molar-refractivity contribution in [3.63, 3.8) is 0 Å². The van der Waals surface area contributed by atoms with Crippen LogP contribution >= 0.6 is 7.94 Å². The zero-order valence-corrected chi connectivity index (χ0v) is 17.0. The van der Waals surface area contributed by atoms with Crippen molar-refractivity contribution in [2.45, 2.75) is 0 Å². The molecule has 30 heavy (non-hydrogen) atoms. The quantitative estimate of drug-likeness (QED) is 0.495. The summed E-state index contributed by atoms with van der Waals surface area (Å²) in [6.45, 7) is 0. The Hall–Kier alpha value is -3.53.